The van der Waals surface area contributed by atoms with E-state index in [0.29, 0.717) is 12.2 Å². The van der Waals surface area contributed by atoms with Gasteiger partial charge in [-0.2, -0.15) is 0 Å². The van der Waals surface area contributed by atoms with Crippen LogP contribution >= 0.6 is 0 Å². The van der Waals surface area contributed by atoms with Crippen LogP contribution in [0.4, 0.5) is 18.9 Å². The molecule has 0 saturated carbocycles. The van der Waals surface area contributed by atoms with Gasteiger partial charge in [0.25, 0.3) is 5.92 Å². The van der Waals surface area contributed by atoms with E-state index >= 15 is 0 Å². The van der Waals surface area contributed by atoms with Gasteiger partial charge in [-0.1, -0.05) is 12.1 Å². The predicted octanol–water partition coefficient (Wildman–Crippen LogP) is 5.28. The van der Waals surface area contributed by atoms with Crippen molar-refractivity contribution >= 4 is 5.69 Å². The van der Waals surface area contributed by atoms with E-state index in [2.05, 4.69) is 5.32 Å². The van der Waals surface area contributed by atoms with E-state index in [4.69, 9.17) is 4.74 Å². The van der Waals surface area contributed by atoms with Crippen LogP contribution in [0.3, 0.4) is 0 Å². The maximum atomic E-state index is 13.8. The van der Waals surface area contributed by atoms with E-state index in [9.17, 15) is 18.3 Å². The molecule has 0 amide bonds. The topological polar surface area (TPSA) is 41.5 Å². The van der Waals surface area contributed by atoms with Crippen molar-refractivity contribution in [2.24, 2.45) is 5.92 Å². The Bertz CT molecular complexity index is 834. The van der Waals surface area contributed by atoms with Crippen LogP contribution in [-0.2, 0) is 10.7 Å². The molecule has 0 spiro atoms. The summed E-state index contributed by atoms with van der Waals surface area (Å²) in [6, 6.07) is 8.68. The van der Waals surface area contributed by atoms with Gasteiger partial charge in [0.1, 0.15) is 0 Å². The largest absolute Gasteiger partial charge is 0.505 e. The van der Waals surface area contributed by atoms with Crippen molar-refractivity contribution in [2.45, 2.75) is 37.8 Å². The molecule has 2 unspecified atom stereocenters. The molecule has 3 nitrogen and oxygen atoms in total. The lowest BCUT2D eigenvalue weighted by molar-refractivity contribution is -0.0386. The fourth-order valence-corrected chi connectivity index (χ4v) is 3.99. The van der Waals surface area contributed by atoms with Crippen LogP contribution in [-0.4, -0.2) is 11.7 Å². The number of fused-ring (bicyclic) bond motifs is 3. The minimum atomic E-state index is -2.92. The highest BCUT2D eigenvalue weighted by Gasteiger charge is 2.41. The summed E-state index contributed by atoms with van der Waals surface area (Å²) in [6.07, 6.45) is 1.39. The van der Waals surface area contributed by atoms with Gasteiger partial charge in [-0.3, -0.25) is 0 Å². The number of anilines is 1. The molecular formula is C20H20F3NO2. The Morgan fingerprint density at radius 3 is 2.73 bits per heavy atom. The Labute approximate surface area is 149 Å². The number of aromatic hydroxyl groups is 1. The van der Waals surface area contributed by atoms with Crippen molar-refractivity contribution < 1.29 is 23.0 Å². The number of hydrogen-bond donors (Lipinski definition) is 2. The molecule has 0 aromatic heterocycles. The molecule has 0 aliphatic carbocycles. The Balaban J connectivity index is 1.77. The maximum absolute atomic E-state index is 13.8. The molecule has 2 N–H and O–H groups in total. The van der Waals surface area contributed by atoms with Gasteiger partial charge < -0.3 is 15.2 Å². The summed E-state index contributed by atoms with van der Waals surface area (Å²) in [6.45, 7) is 1.45. The molecule has 138 valence electrons. The second-order valence-electron chi connectivity index (χ2n) is 7.12. The number of benzene rings is 2. The van der Waals surface area contributed by atoms with Crippen LogP contribution in [0.2, 0.25) is 0 Å². The summed E-state index contributed by atoms with van der Waals surface area (Å²) in [7, 11) is 0. The highest BCUT2D eigenvalue weighted by atomic mass is 19.3. The average molecular weight is 363 g/mol. The summed E-state index contributed by atoms with van der Waals surface area (Å²) >= 11 is 0. The standard InChI is InChI=1S/C20H20F3NO2/c1-20(22,23)12-5-6-16-14(10-12)19-13(3-2-8-26-19)18(24-16)11-4-7-17(25)15(21)9-11/h4-7,9-10,13,18-19,24-25H,2-3,8H2,1H3/t13?,18-,19?/m0/s1. The molecule has 26 heavy (non-hydrogen) atoms. The molecule has 2 aromatic carbocycles. The lowest BCUT2D eigenvalue weighted by Crippen LogP contribution is -2.36. The zero-order valence-corrected chi connectivity index (χ0v) is 14.3. The number of ether oxygens (including phenoxy) is 1. The number of nitrogens with one attached hydrogen (secondary N) is 1. The number of phenolic OH excluding ortho intramolecular Hbond substituents is 1. The van der Waals surface area contributed by atoms with Gasteiger partial charge >= 0.3 is 0 Å². The molecule has 1 fully saturated rings. The number of hydrogen-bond acceptors (Lipinski definition) is 3. The zero-order valence-electron chi connectivity index (χ0n) is 14.3. The quantitative estimate of drug-likeness (QED) is 0.763. The Kier molecular flexibility index (Phi) is 4.10. The highest BCUT2D eigenvalue weighted by molar-refractivity contribution is 5.59. The minimum Gasteiger partial charge on any atom is -0.505 e. The smallest absolute Gasteiger partial charge is 0.270 e. The molecule has 0 bridgehead atoms. The lowest BCUT2D eigenvalue weighted by Gasteiger charge is -2.43. The molecule has 6 heteroatoms. The predicted molar refractivity (Wildman–Crippen MR) is 91.9 cm³/mol. The Morgan fingerprint density at radius 1 is 1.19 bits per heavy atom. The normalized spacial score (nSPS) is 25.2. The lowest BCUT2D eigenvalue weighted by atomic mass is 9.77. The van der Waals surface area contributed by atoms with Crippen molar-refractivity contribution in [3.8, 4) is 5.75 Å². The third-order valence-corrected chi connectivity index (χ3v) is 5.30. The van der Waals surface area contributed by atoms with Crippen molar-refractivity contribution in [3.05, 3.63) is 58.9 Å². The van der Waals surface area contributed by atoms with Crippen LogP contribution in [0, 0.1) is 11.7 Å². The van der Waals surface area contributed by atoms with Crippen LogP contribution in [0.5, 0.6) is 5.75 Å². The Hall–Kier alpha value is -2.21. The van der Waals surface area contributed by atoms with E-state index in [-0.39, 0.29) is 23.6 Å². The molecule has 2 aliphatic rings. The maximum Gasteiger partial charge on any atom is 0.270 e. The third-order valence-electron chi connectivity index (χ3n) is 5.30. The van der Waals surface area contributed by atoms with Gasteiger partial charge in [0.15, 0.2) is 11.6 Å². The molecule has 4 rings (SSSR count). The van der Waals surface area contributed by atoms with Gasteiger partial charge in [0.2, 0.25) is 0 Å². The Morgan fingerprint density at radius 2 is 2.00 bits per heavy atom. The van der Waals surface area contributed by atoms with E-state index in [0.717, 1.165) is 31.0 Å². The molecule has 0 radical (unpaired) electrons. The van der Waals surface area contributed by atoms with Crippen LogP contribution < -0.4 is 5.32 Å². The first-order valence-electron chi connectivity index (χ1n) is 8.73. The fraction of sp³-hybridized carbons (Fsp3) is 0.400. The molecule has 2 aliphatic heterocycles. The van der Waals surface area contributed by atoms with E-state index in [1.54, 1.807) is 12.1 Å². The second kappa shape index (κ2) is 6.20. The number of phenols is 1. The van der Waals surface area contributed by atoms with Gasteiger partial charge in [-0.25, -0.2) is 13.2 Å². The minimum absolute atomic E-state index is 0.000853. The average Bonchev–Trinajstić information content (AvgIpc) is 2.62. The number of rotatable bonds is 2. The number of alkyl halides is 2. The SMILES string of the molecule is CC(F)(F)c1ccc2c(c1)C1OCCCC1[C@H](c1ccc(O)c(F)c1)N2. The monoisotopic (exact) mass is 363 g/mol. The molecule has 3 atom stereocenters. The van der Waals surface area contributed by atoms with Crippen LogP contribution in [0.25, 0.3) is 0 Å². The van der Waals surface area contributed by atoms with E-state index < -0.39 is 17.5 Å². The van der Waals surface area contributed by atoms with Gasteiger partial charge in [0, 0.05) is 36.3 Å². The van der Waals surface area contributed by atoms with Crippen molar-refractivity contribution in [2.75, 3.05) is 11.9 Å². The van der Waals surface area contributed by atoms with Gasteiger partial charge in [-0.05, 0) is 42.7 Å². The van der Waals surface area contributed by atoms with Gasteiger partial charge in [0.05, 0.1) is 12.1 Å². The van der Waals surface area contributed by atoms with Gasteiger partial charge in [-0.15, -0.1) is 0 Å². The third kappa shape index (κ3) is 2.92. The van der Waals surface area contributed by atoms with Crippen molar-refractivity contribution in [1.29, 1.82) is 0 Å². The van der Waals surface area contributed by atoms with Crippen molar-refractivity contribution in [3.63, 3.8) is 0 Å². The van der Waals surface area contributed by atoms with E-state index in [1.165, 1.54) is 24.3 Å². The summed E-state index contributed by atoms with van der Waals surface area (Å²) in [4.78, 5) is 0. The van der Waals surface area contributed by atoms with Crippen LogP contribution in [0.1, 0.15) is 48.6 Å². The summed E-state index contributed by atoms with van der Waals surface area (Å²) in [5.41, 5.74) is 2.11. The molecule has 1 saturated heterocycles. The van der Waals surface area contributed by atoms with E-state index in [1.807, 2.05) is 0 Å². The first kappa shape index (κ1) is 17.2. The first-order chi connectivity index (χ1) is 12.3. The van der Waals surface area contributed by atoms with Crippen molar-refractivity contribution in [1.82, 2.24) is 0 Å². The molecular weight excluding hydrogens is 343 g/mol. The number of halogens is 3. The molecule has 2 heterocycles. The van der Waals surface area contributed by atoms with Crippen LogP contribution in [0.15, 0.2) is 36.4 Å². The first-order valence-corrected chi connectivity index (χ1v) is 8.73. The summed E-state index contributed by atoms with van der Waals surface area (Å²) in [5.74, 6) is -3.99. The second-order valence-corrected chi connectivity index (χ2v) is 7.12. The summed E-state index contributed by atoms with van der Waals surface area (Å²) < 4.78 is 47.3. The summed E-state index contributed by atoms with van der Waals surface area (Å²) in [5, 5.41) is 12.8. The fourth-order valence-electron chi connectivity index (χ4n) is 3.99. The molecule has 2 aromatic rings. The highest BCUT2D eigenvalue weighted by Crippen LogP contribution is 2.50. The zero-order chi connectivity index (χ0) is 18.5.